The maximum atomic E-state index is 16.0. The Bertz CT molecular complexity index is 873. The molecule has 2 nitrogen and oxygen atoms in total. The minimum atomic E-state index is -4.24. The third-order valence-electron chi connectivity index (χ3n) is 3.34. The summed E-state index contributed by atoms with van der Waals surface area (Å²) in [6.45, 7) is 0. The van der Waals surface area contributed by atoms with Gasteiger partial charge in [0.25, 0.3) is 0 Å². The quantitative estimate of drug-likeness (QED) is 0.404. The fourth-order valence-corrected chi connectivity index (χ4v) is 6.85. The monoisotopic (exact) mass is 390 g/mol. The molecule has 0 bridgehead atoms. The fourth-order valence-electron chi connectivity index (χ4n) is 2.13. The summed E-state index contributed by atoms with van der Waals surface area (Å²) in [4.78, 5) is 1.06. The molecule has 0 aromatic heterocycles. The first-order valence-electron chi connectivity index (χ1n) is 7.48. The van der Waals surface area contributed by atoms with E-state index >= 15 is 4.39 Å². The second-order valence-electron chi connectivity index (χ2n) is 5.13. The molecular formula is C19H15FO2S3. The van der Waals surface area contributed by atoms with Crippen LogP contribution in [0.5, 0.6) is 0 Å². The highest BCUT2D eigenvalue weighted by Crippen LogP contribution is 2.52. The number of hydrogen-bond acceptors (Lipinski definition) is 4. The summed E-state index contributed by atoms with van der Waals surface area (Å²) in [7, 11) is -4.24. The van der Waals surface area contributed by atoms with Gasteiger partial charge in [-0.3, -0.25) is 0 Å². The van der Waals surface area contributed by atoms with Crippen molar-refractivity contribution in [2.75, 3.05) is 0 Å². The van der Waals surface area contributed by atoms with Crippen molar-refractivity contribution in [3.63, 3.8) is 0 Å². The average molecular weight is 391 g/mol. The molecule has 25 heavy (non-hydrogen) atoms. The minimum absolute atomic E-state index is 0.0376. The Balaban J connectivity index is 2.05. The van der Waals surface area contributed by atoms with Crippen LogP contribution in [0.2, 0.25) is 0 Å². The Morgan fingerprint density at radius 3 is 1.40 bits per heavy atom. The van der Waals surface area contributed by atoms with Gasteiger partial charge >= 0.3 is 3.66 Å². The van der Waals surface area contributed by atoms with Crippen LogP contribution in [0, 0.1) is 0 Å². The molecule has 0 fully saturated rings. The maximum absolute atomic E-state index is 16.0. The Morgan fingerprint density at radius 1 is 0.640 bits per heavy atom. The highest BCUT2D eigenvalue weighted by Gasteiger charge is 2.48. The first kappa shape index (κ1) is 18.0. The molecule has 0 saturated heterocycles. The Labute approximate surface area is 155 Å². The zero-order valence-corrected chi connectivity index (χ0v) is 15.5. The molecule has 0 unspecified atom stereocenters. The number of hydrogen-bond donors (Lipinski definition) is 0. The molecule has 0 saturated carbocycles. The third kappa shape index (κ3) is 4.08. The van der Waals surface area contributed by atoms with Gasteiger partial charge in [0.1, 0.15) is 0 Å². The van der Waals surface area contributed by atoms with Crippen molar-refractivity contribution in [2.24, 2.45) is 0 Å². The summed E-state index contributed by atoms with van der Waals surface area (Å²) in [6.07, 6.45) is 0. The molecule has 0 aliphatic rings. The summed E-state index contributed by atoms with van der Waals surface area (Å²) in [6, 6.07) is 25.1. The largest absolute Gasteiger partial charge is 0.315 e. The lowest BCUT2D eigenvalue weighted by Crippen LogP contribution is -2.26. The van der Waals surface area contributed by atoms with Gasteiger partial charge in [0.05, 0.1) is 4.90 Å². The molecule has 0 spiro atoms. The maximum Gasteiger partial charge on any atom is 0.315 e. The summed E-state index contributed by atoms with van der Waals surface area (Å²) < 4.78 is 39.5. The predicted molar refractivity (Wildman–Crippen MR) is 102 cm³/mol. The molecule has 3 aromatic rings. The van der Waals surface area contributed by atoms with E-state index in [1.54, 1.807) is 78.9 Å². The van der Waals surface area contributed by atoms with Crippen molar-refractivity contribution in [3.05, 3.63) is 91.0 Å². The third-order valence-corrected chi connectivity index (χ3v) is 8.70. The molecule has 0 heterocycles. The zero-order valence-electron chi connectivity index (χ0n) is 13.1. The van der Waals surface area contributed by atoms with Gasteiger partial charge < -0.3 is 0 Å². The minimum Gasteiger partial charge on any atom is -0.218 e. The standard InChI is InChI=1S/C19H15FO2S3/c20-19(23-16-10-4-1-5-11-16,24-17-12-6-2-7-13-17)25(21,22)18-14-8-3-9-15-18/h1-15H. The molecule has 0 aliphatic heterocycles. The summed E-state index contributed by atoms with van der Waals surface area (Å²) in [5.74, 6) is 0. The van der Waals surface area contributed by atoms with Gasteiger partial charge in [-0.1, -0.05) is 78.1 Å². The van der Waals surface area contributed by atoms with E-state index in [-0.39, 0.29) is 4.90 Å². The lowest BCUT2D eigenvalue weighted by Gasteiger charge is -2.24. The van der Waals surface area contributed by atoms with Crippen LogP contribution in [0.3, 0.4) is 0 Å². The van der Waals surface area contributed by atoms with E-state index in [0.717, 1.165) is 0 Å². The van der Waals surface area contributed by atoms with Gasteiger partial charge in [0.2, 0.25) is 9.84 Å². The van der Waals surface area contributed by atoms with Crippen LogP contribution in [0.4, 0.5) is 4.39 Å². The number of sulfone groups is 1. The lowest BCUT2D eigenvalue weighted by molar-refractivity contribution is 0.482. The Hall–Kier alpha value is -1.76. The van der Waals surface area contributed by atoms with Crippen molar-refractivity contribution in [1.82, 2.24) is 0 Å². The van der Waals surface area contributed by atoms with Crippen LogP contribution in [-0.2, 0) is 9.84 Å². The highest BCUT2D eigenvalue weighted by atomic mass is 32.3. The molecule has 3 aromatic carbocycles. The number of benzene rings is 3. The van der Waals surface area contributed by atoms with Crippen LogP contribution in [0.1, 0.15) is 0 Å². The normalized spacial score (nSPS) is 12.0. The van der Waals surface area contributed by atoms with Gasteiger partial charge in [-0.05, 0) is 36.4 Å². The molecular weight excluding hydrogens is 375 g/mol. The van der Waals surface area contributed by atoms with Crippen LogP contribution in [0.15, 0.2) is 106 Å². The highest BCUT2D eigenvalue weighted by molar-refractivity contribution is 8.31. The van der Waals surface area contributed by atoms with Gasteiger partial charge in [-0.15, -0.1) is 0 Å². The molecule has 128 valence electrons. The number of rotatable bonds is 6. The van der Waals surface area contributed by atoms with Crippen molar-refractivity contribution in [2.45, 2.75) is 18.4 Å². The van der Waals surface area contributed by atoms with E-state index in [4.69, 9.17) is 0 Å². The van der Waals surface area contributed by atoms with Crippen molar-refractivity contribution >= 4 is 33.4 Å². The smallest absolute Gasteiger partial charge is 0.218 e. The van der Waals surface area contributed by atoms with Crippen molar-refractivity contribution in [3.8, 4) is 0 Å². The molecule has 6 heteroatoms. The van der Waals surface area contributed by atoms with E-state index in [9.17, 15) is 8.42 Å². The molecule has 0 atom stereocenters. The molecule has 0 amide bonds. The second kappa shape index (κ2) is 7.64. The fraction of sp³-hybridized carbons (Fsp3) is 0.0526. The van der Waals surface area contributed by atoms with Crippen LogP contribution in [-0.4, -0.2) is 12.1 Å². The lowest BCUT2D eigenvalue weighted by atomic mass is 10.4. The molecule has 0 aliphatic carbocycles. The van der Waals surface area contributed by atoms with Crippen LogP contribution in [0.25, 0.3) is 0 Å². The van der Waals surface area contributed by atoms with E-state index in [2.05, 4.69) is 0 Å². The van der Waals surface area contributed by atoms with Crippen molar-refractivity contribution in [1.29, 1.82) is 0 Å². The van der Waals surface area contributed by atoms with Gasteiger partial charge in [0, 0.05) is 9.79 Å². The Morgan fingerprint density at radius 2 is 1.00 bits per heavy atom. The zero-order chi connectivity index (χ0) is 17.8. The summed E-state index contributed by atoms with van der Waals surface area (Å²) in [5, 5.41) is 0. The van der Waals surface area contributed by atoms with E-state index in [1.807, 2.05) is 0 Å². The van der Waals surface area contributed by atoms with Gasteiger partial charge in [-0.25, -0.2) is 12.8 Å². The van der Waals surface area contributed by atoms with E-state index < -0.39 is 13.5 Å². The van der Waals surface area contributed by atoms with E-state index in [1.165, 1.54) is 12.1 Å². The summed E-state index contributed by atoms with van der Waals surface area (Å²) in [5.41, 5.74) is 0. The number of thioether (sulfide) groups is 2. The van der Waals surface area contributed by atoms with Crippen LogP contribution < -0.4 is 0 Å². The molecule has 0 radical (unpaired) electrons. The topological polar surface area (TPSA) is 34.1 Å². The van der Waals surface area contributed by atoms with Gasteiger partial charge in [0.15, 0.2) is 0 Å². The first-order valence-corrected chi connectivity index (χ1v) is 10.6. The number of alkyl halides is 1. The number of halogens is 1. The van der Waals surface area contributed by atoms with Crippen LogP contribution >= 0.6 is 23.5 Å². The average Bonchev–Trinajstić information content (AvgIpc) is 2.64. The van der Waals surface area contributed by atoms with Gasteiger partial charge in [-0.2, -0.15) is 0 Å². The molecule has 3 rings (SSSR count). The molecule has 0 N–H and O–H groups in total. The Kier molecular flexibility index (Phi) is 5.51. The second-order valence-corrected chi connectivity index (χ2v) is 10.4. The van der Waals surface area contributed by atoms with Crippen molar-refractivity contribution < 1.29 is 12.8 Å². The SMILES string of the molecule is O=S(=O)(c1ccccc1)C(F)(Sc1ccccc1)Sc1ccccc1. The van der Waals surface area contributed by atoms with E-state index in [0.29, 0.717) is 33.3 Å². The first-order chi connectivity index (χ1) is 12.0. The predicted octanol–water partition coefficient (Wildman–Crippen LogP) is 5.63. The summed E-state index contributed by atoms with van der Waals surface area (Å²) >= 11 is 1.39.